The molecular weight excluding hydrogens is 434 g/mol. The Balaban J connectivity index is 1.34. The van der Waals surface area contributed by atoms with Crippen LogP contribution >= 0.6 is 0 Å². The molecular formula is C25H31N5O4. The number of imidazole rings is 1. The van der Waals surface area contributed by atoms with Crippen molar-refractivity contribution in [1.29, 1.82) is 0 Å². The number of ether oxygens (including phenoxy) is 2. The lowest BCUT2D eigenvalue weighted by molar-refractivity contribution is -0.118. The van der Waals surface area contributed by atoms with E-state index in [-0.39, 0.29) is 18.6 Å². The molecule has 2 heterocycles. The van der Waals surface area contributed by atoms with Crippen LogP contribution in [0.5, 0.6) is 5.75 Å². The number of carbonyl (C=O) groups excluding carboxylic acids is 2. The van der Waals surface area contributed by atoms with Crippen LogP contribution in [0.3, 0.4) is 0 Å². The van der Waals surface area contributed by atoms with Gasteiger partial charge in [0, 0.05) is 38.9 Å². The zero-order chi connectivity index (χ0) is 24.1. The number of aryl methyl sites for hydroxylation is 2. The molecule has 1 N–H and O–H groups in total. The first-order valence-corrected chi connectivity index (χ1v) is 11.5. The highest BCUT2D eigenvalue weighted by atomic mass is 16.6. The van der Waals surface area contributed by atoms with Crippen molar-refractivity contribution in [3.63, 3.8) is 0 Å². The highest BCUT2D eigenvalue weighted by Crippen LogP contribution is 2.21. The highest BCUT2D eigenvalue weighted by molar-refractivity contribution is 5.94. The number of amides is 2. The number of hydrogen-bond donors (Lipinski definition) is 1. The van der Waals surface area contributed by atoms with Gasteiger partial charge in [-0.05, 0) is 49.7 Å². The summed E-state index contributed by atoms with van der Waals surface area (Å²) in [5.41, 5.74) is 3.57. The van der Waals surface area contributed by atoms with E-state index in [0.717, 1.165) is 35.5 Å². The number of piperazine rings is 1. The van der Waals surface area contributed by atoms with Crippen LogP contribution in [0.1, 0.15) is 18.3 Å². The summed E-state index contributed by atoms with van der Waals surface area (Å²) in [6.45, 7) is 7.63. The third kappa shape index (κ3) is 5.66. The van der Waals surface area contributed by atoms with Crippen molar-refractivity contribution in [2.24, 2.45) is 7.05 Å². The molecule has 1 aliphatic rings. The van der Waals surface area contributed by atoms with Crippen molar-refractivity contribution in [2.45, 2.75) is 20.4 Å². The van der Waals surface area contributed by atoms with Crippen LogP contribution in [0, 0.1) is 6.92 Å². The van der Waals surface area contributed by atoms with Gasteiger partial charge in [0.25, 0.3) is 5.91 Å². The lowest BCUT2D eigenvalue weighted by Gasteiger charge is -2.33. The minimum atomic E-state index is -0.247. The van der Waals surface area contributed by atoms with Gasteiger partial charge in [-0.1, -0.05) is 12.1 Å². The largest absolute Gasteiger partial charge is 0.484 e. The van der Waals surface area contributed by atoms with E-state index in [1.807, 2.05) is 63.4 Å². The Morgan fingerprint density at radius 3 is 2.62 bits per heavy atom. The fourth-order valence-corrected chi connectivity index (χ4v) is 4.02. The van der Waals surface area contributed by atoms with Gasteiger partial charge >= 0.3 is 6.09 Å². The van der Waals surface area contributed by atoms with E-state index in [2.05, 4.69) is 14.8 Å². The first-order valence-electron chi connectivity index (χ1n) is 11.5. The first kappa shape index (κ1) is 23.6. The molecule has 1 aliphatic heterocycles. The quantitative estimate of drug-likeness (QED) is 0.577. The summed E-state index contributed by atoms with van der Waals surface area (Å²) < 4.78 is 12.7. The van der Waals surface area contributed by atoms with Crippen LogP contribution in [0.25, 0.3) is 11.0 Å². The molecule has 0 bridgehead atoms. The van der Waals surface area contributed by atoms with Gasteiger partial charge in [-0.15, -0.1) is 0 Å². The number of benzene rings is 2. The third-order valence-corrected chi connectivity index (χ3v) is 5.88. The highest BCUT2D eigenvalue weighted by Gasteiger charge is 2.23. The van der Waals surface area contributed by atoms with E-state index in [9.17, 15) is 9.59 Å². The van der Waals surface area contributed by atoms with Crippen LogP contribution < -0.4 is 10.1 Å². The summed E-state index contributed by atoms with van der Waals surface area (Å²) in [6.07, 6.45) is -0.247. The maximum absolute atomic E-state index is 12.4. The Morgan fingerprint density at radius 2 is 1.88 bits per heavy atom. The Morgan fingerprint density at radius 1 is 1.09 bits per heavy atom. The van der Waals surface area contributed by atoms with Crippen molar-refractivity contribution in [2.75, 3.05) is 44.7 Å². The molecule has 1 fully saturated rings. The van der Waals surface area contributed by atoms with E-state index in [1.165, 1.54) is 0 Å². The molecule has 0 atom stereocenters. The van der Waals surface area contributed by atoms with Crippen LogP contribution in [0.15, 0.2) is 42.5 Å². The molecule has 4 rings (SSSR count). The molecule has 2 aromatic carbocycles. The summed E-state index contributed by atoms with van der Waals surface area (Å²) in [4.78, 5) is 33.1. The lowest BCUT2D eigenvalue weighted by atomic mass is 10.2. The van der Waals surface area contributed by atoms with Gasteiger partial charge in [-0.25, -0.2) is 9.78 Å². The Kier molecular flexibility index (Phi) is 7.32. The number of nitrogens with zero attached hydrogens (tertiary/aromatic N) is 4. The zero-order valence-electron chi connectivity index (χ0n) is 19.9. The van der Waals surface area contributed by atoms with Gasteiger partial charge < -0.3 is 24.3 Å². The number of anilines is 1. The topological polar surface area (TPSA) is 88.9 Å². The fourth-order valence-electron chi connectivity index (χ4n) is 4.02. The molecule has 34 heavy (non-hydrogen) atoms. The Bertz CT molecular complexity index is 1170. The molecule has 9 nitrogen and oxygen atoms in total. The molecule has 180 valence electrons. The molecule has 3 aromatic rings. The third-order valence-electron chi connectivity index (χ3n) is 5.88. The number of nitrogens with one attached hydrogen (secondary N) is 1. The van der Waals surface area contributed by atoms with Crippen LogP contribution in [0.2, 0.25) is 0 Å². The minimum Gasteiger partial charge on any atom is -0.484 e. The van der Waals surface area contributed by atoms with Gasteiger partial charge in [0.05, 0.1) is 24.2 Å². The van der Waals surface area contributed by atoms with E-state index >= 15 is 0 Å². The Labute approximate surface area is 199 Å². The summed E-state index contributed by atoms with van der Waals surface area (Å²) in [6, 6.07) is 13.3. The molecule has 1 aromatic heterocycles. The normalized spacial score (nSPS) is 14.3. The predicted molar refractivity (Wildman–Crippen MR) is 130 cm³/mol. The van der Waals surface area contributed by atoms with Crippen molar-refractivity contribution in [1.82, 2.24) is 19.4 Å². The molecule has 0 spiro atoms. The second kappa shape index (κ2) is 10.6. The maximum Gasteiger partial charge on any atom is 0.409 e. The monoisotopic (exact) mass is 465 g/mol. The van der Waals surface area contributed by atoms with Crippen molar-refractivity contribution in [3.05, 3.63) is 53.9 Å². The molecule has 9 heteroatoms. The standard InChI is InChI=1S/C25H31N5O4/c1-4-33-25(32)30-12-10-29(11-13-30)16-23-27-21-15-19(8-9-22(21)28(23)3)26-24(31)17-34-20-7-5-6-18(2)14-20/h5-9,14-15H,4,10-13,16-17H2,1-3H3,(H,26,31). The predicted octanol–water partition coefficient (Wildman–Crippen LogP) is 3.17. The summed E-state index contributed by atoms with van der Waals surface area (Å²) in [5, 5.41) is 2.88. The molecule has 0 aliphatic carbocycles. The van der Waals surface area contributed by atoms with E-state index in [4.69, 9.17) is 14.5 Å². The van der Waals surface area contributed by atoms with Gasteiger partial charge in [-0.2, -0.15) is 0 Å². The molecule has 0 unspecified atom stereocenters. The summed E-state index contributed by atoms with van der Waals surface area (Å²) in [7, 11) is 1.99. The number of carbonyl (C=O) groups is 2. The zero-order valence-corrected chi connectivity index (χ0v) is 19.9. The molecule has 1 saturated heterocycles. The molecule has 0 radical (unpaired) electrons. The number of fused-ring (bicyclic) bond motifs is 1. The van der Waals surface area contributed by atoms with Gasteiger partial charge in [0.15, 0.2) is 6.61 Å². The van der Waals surface area contributed by atoms with Gasteiger partial charge in [0.2, 0.25) is 0 Å². The summed E-state index contributed by atoms with van der Waals surface area (Å²) in [5.74, 6) is 1.38. The number of hydrogen-bond acceptors (Lipinski definition) is 6. The average Bonchev–Trinajstić information content (AvgIpc) is 3.13. The second-order valence-corrected chi connectivity index (χ2v) is 8.41. The molecule has 0 saturated carbocycles. The number of aromatic nitrogens is 2. The fraction of sp³-hybridized carbons (Fsp3) is 0.400. The van der Waals surface area contributed by atoms with Gasteiger partial charge in [0.1, 0.15) is 11.6 Å². The average molecular weight is 466 g/mol. The van der Waals surface area contributed by atoms with E-state index < -0.39 is 0 Å². The molecule has 2 amide bonds. The SMILES string of the molecule is CCOC(=O)N1CCN(Cc2nc3cc(NC(=O)COc4cccc(C)c4)ccc3n2C)CC1. The van der Waals surface area contributed by atoms with Crippen molar-refractivity contribution in [3.8, 4) is 5.75 Å². The smallest absolute Gasteiger partial charge is 0.409 e. The van der Waals surface area contributed by atoms with Crippen molar-refractivity contribution >= 4 is 28.7 Å². The maximum atomic E-state index is 12.4. The lowest BCUT2D eigenvalue weighted by Crippen LogP contribution is -2.48. The first-order chi connectivity index (χ1) is 16.4. The van der Waals surface area contributed by atoms with Crippen LogP contribution in [-0.2, 0) is 23.1 Å². The Hall–Kier alpha value is -3.59. The number of rotatable bonds is 7. The van der Waals surface area contributed by atoms with Crippen LogP contribution in [0.4, 0.5) is 10.5 Å². The van der Waals surface area contributed by atoms with E-state index in [0.29, 0.717) is 37.7 Å². The van der Waals surface area contributed by atoms with Crippen molar-refractivity contribution < 1.29 is 19.1 Å². The van der Waals surface area contributed by atoms with Crippen LogP contribution in [-0.4, -0.2) is 70.7 Å². The summed E-state index contributed by atoms with van der Waals surface area (Å²) >= 11 is 0. The second-order valence-electron chi connectivity index (χ2n) is 8.41. The van der Waals surface area contributed by atoms with E-state index in [1.54, 1.807) is 4.90 Å². The minimum absolute atomic E-state index is 0.0628. The van der Waals surface area contributed by atoms with Gasteiger partial charge in [-0.3, -0.25) is 9.69 Å².